The molecule has 4 heterocycles. The van der Waals surface area contributed by atoms with Crippen LogP contribution in [0.4, 0.5) is 10.9 Å². The third-order valence-corrected chi connectivity index (χ3v) is 10.0. The predicted octanol–water partition coefficient (Wildman–Crippen LogP) is 4.62. The highest BCUT2D eigenvalue weighted by atomic mass is 32.2. The SMILES string of the molecule is COc1cc(C)c(Sc2cnc(Nc3cc(OCCC4CCCN4C)nc(C)n3)s2)cc1C(=O)N1CCN(C(C)=O)CC1. The molecule has 0 radical (unpaired) electrons. The van der Waals surface area contributed by atoms with Gasteiger partial charge in [-0.05, 0) is 64.4 Å². The topological polar surface area (TPSA) is 113 Å². The van der Waals surface area contributed by atoms with Crippen molar-refractivity contribution in [1.29, 1.82) is 0 Å². The average molecular weight is 626 g/mol. The molecule has 0 spiro atoms. The van der Waals surface area contributed by atoms with Crippen molar-refractivity contribution in [3.63, 3.8) is 0 Å². The Morgan fingerprint density at radius 2 is 1.86 bits per heavy atom. The zero-order valence-corrected chi connectivity index (χ0v) is 27.0. The lowest BCUT2D eigenvalue weighted by molar-refractivity contribution is -0.130. The highest BCUT2D eigenvalue weighted by Gasteiger charge is 2.26. The van der Waals surface area contributed by atoms with E-state index >= 15 is 0 Å². The molecule has 2 saturated heterocycles. The number of hydrogen-bond donors (Lipinski definition) is 1. The predicted molar refractivity (Wildman–Crippen MR) is 168 cm³/mol. The van der Waals surface area contributed by atoms with Crippen molar-refractivity contribution in [1.82, 2.24) is 29.7 Å². The van der Waals surface area contributed by atoms with E-state index in [2.05, 4.69) is 32.2 Å². The Balaban J connectivity index is 1.23. The molecule has 0 aliphatic carbocycles. The van der Waals surface area contributed by atoms with Crippen LogP contribution in [0.2, 0.25) is 0 Å². The van der Waals surface area contributed by atoms with Crippen molar-refractivity contribution in [2.24, 2.45) is 0 Å². The number of piperazine rings is 1. The Morgan fingerprint density at radius 1 is 1.09 bits per heavy atom. The van der Waals surface area contributed by atoms with Crippen molar-refractivity contribution in [2.45, 2.75) is 55.2 Å². The minimum absolute atomic E-state index is 0.0310. The van der Waals surface area contributed by atoms with E-state index < -0.39 is 0 Å². The van der Waals surface area contributed by atoms with E-state index in [0.717, 1.165) is 27.6 Å². The van der Waals surface area contributed by atoms with Crippen LogP contribution in [0, 0.1) is 13.8 Å². The summed E-state index contributed by atoms with van der Waals surface area (Å²) in [6.45, 7) is 9.23. The van der Waals surface area contributed by atoms with E-state index in [1.165, 1.54) is 24.2 Å². The standard InChI is InChI=1S/C30H39N7O4S2/c1-19-15-24(40-5)23(29(39)37-12-10-36(11-13-37)21(3)38)16-25(19)42-28-18-31-30(43-28)34-26-17-27(33-20(2)32-26)41-14-8-22-7-6-9-35(22)4/h15-18,22H,6-14H2,1-5H3,(H,31,32,33,34). The van der Waals surface area contributed by atoms with Gasteiger partial charge in [0.05, 0.1) is 29.7 Å². The maximum absolute atomic E-state index is 13.5. The summed E-state index contributed by atoms with van der Waals surface area (Å²) in [7, 11) is 3.75. The Bertz CT molecular complexity index is 1460. The van der Waals surface area contributed by atoms with Crippen LogP contribution >= 0.6 is 23.1 Å². The lowest BCUT2D eigenvalue weighted by atomic mass is 10.1. The number of nitrogens with zero attached hydrogens (tertiary/aromatic N) is 6. The van der Waals surface area contributed by atoms with Crippen molar-refractivity contribution in [3.8, 4) is 11.6 Å². The molecule has 230 valence electrons. The molecule has 11 nitrogen and oxygen atoms in total. The number of methoxy groups -OCH3 is 1. The van der Waals surface area contributed by atoms with Gasteiger partial charge >= 0.3 is 0 Å². The van der Waals surface area contributed by atoms with E-state index in [4.69, 9.17) is 9.47 Å². The number of nitrogens with one attached hydrogen (secondary N) is 1. The van der Waals surface area contributed by atoms with E-state index in [1.54, 1.807) is 41.7 Å². The van der Waals surface area contributed by atoms with Crippen LogP contribution in [-0.2, 0) is 4.79 Å². The molecule has 13 heteroatoms. The molecule has 5 rings (SSSR count). The summed E-state index contributed by atoms with van der Waals surface area (Å²) in [5, 5.41) is 3.99. The second kappa shape index (κ2) is 13.9. The maximum Gasteiger partial charge on any atom is 0.257 e. The molecule has 1 atom stereocenters. The molecule has 3 aromatic rings. The highest BCUT2D eigenvalue weighted by molar-refractivity contribution is 8.01. The van der Waals surface area contributed by atoms with Gasteiger partial charge in [-0.25, -0.2) is 9.97 Å². The number of carbonyl (C=O) groups excluding carboxylic acids is 2. The van der Waals surface area contributed by atoms with E-state index in [-0.39, 0.29) is 11.8 Å². The van der Waals surface area contributed by atoms with Gasteiger partial charge in [-0.15, -0.1) is 0 Å². The monoisotopic (exact) mass is 625 g/mol. The fraction of sp³-hybridized carbons (Fsp3) is 0.500. The van der Waals surface area contributed by atoms with Crippen LogP contribution < -0.4 is 14.8 Å². The quantitative estimate of drug-likeness (QED) is 0.343. The van der Waals surface area contributed by atoms with Crippen LogP contribution in [0.1, 0.15) is 47.9 Å². The fourth-order valence-corrected chi connectivity index (χ4v) is 7.35. The van der Waals surface area contributed by atoms with Gasteiger partial charge in [-0.1, -0.05) is 23.1 Å². The minimum atomic E-state index is -0.0963. The first kappa shape index (κ1) is 31.0. The summed E-state index contributed by atoms with van der Waals surface area (Å²) < 4.78 is 12.5. The largest absolute Gasteiger partial charge is 0.496 e. The molecule has 1 unspecified atom stereocenters. The van der Waals surface area contributed by atoms with Gasteiger partial charge < -0.3 is 29.5 Å². The molecule has 2 fully saturated rings. The fourth-order valence-electron chi connectivity index (χ4n) is 5.41. The Morgan fingerprint density at radius 3 is 2.56 bits per heavy atom. The Hall–Kier alpha value is -3.42. The number of ether oxygens (including phenoxy) is 2. The van der Waals surface area contributed by atoms with Crippen molar-refractivity contribution < 1.29 is 19.1 Å². The highest BCUT2D eigenvalue weighted by Crippen LogP contribution is 2.39. The normalized spacial score (nSPS) is 17.3. The summed E-state index contributed by atoms with van der Waals surface area (Å²) in [5.41, 5.74) is 1.51. The Labute approximate surface area is 261 Å². The molecule has 1 aromatic carbocycles. The van der Waals surface area contributed by atoms with E-state index in [9.17, 15) is 9.59 Å². The van der Waals surface area contributed by atoms with Crippen LogP contribution in [-0.4, -0.2) is 101 Å². The second-order valence-corrected chi connectivity index (χ2v) is 13.3. The molecule has 0 saturated carbocycles. The van der Waals surface area contributed by atoms with Crippen molar-refractivity contribution >= 4 is 45.9 Å². The zero-order chi connectivity index (χ0) is 30.5. The number of aromatic nitrogens is 3. The van der Waals surface area contributed by atoms with Crippen molar-refractivity contribution in [2.75, 3.05) is 58.8 Å². The van der Waals surface area contributed by atoms with Gasteiger partial charge in [-0.3, -0.25) is 9.59 Å². The third kappa shape index (κ3) is 7.76. The van der Waals surface area contributed by atoms with E-state index in [0.29, 0.717) is 72.8 Å². The first-order chi connectivity index (χ1) is 20.7. The second-order valence-electron chi connectivity index (χ2n) is 10.9. The van der Waals surface area contributed by atoms with Gasteiger partial charge in [0.1, 0.15) is 17.4 Å². The number of aryl methyl sites for hydroxylation is 2. The van der Waals surface area contributed by atoms with Gasteiger partial charge in [-0.2, -0.15) is 4.98 Å². The number of likely N-dealkylation sites (tertiary alicyclic amines) is 1. The number of rotatable bonds is 10. The number of amides is 2. The van der Waals surface area contributed by atoms with Crippen LogP contribution in [0.15, 0.2) is 33.5 Å². The van der Waals surface area contributed by atoms with Gasteiger partial charge in [0.15, 0.2) is 5.13 Å². The number of anilines is 2. The van der Waals surface area contributed by atoms with E-state index in [1.807, 2.05) is 32.2 Å². The molecule has 1 N–H and O–H groups in total. The molecular weight excluding hydrogens is 587 g/mol. The summed E-state index contributed by atoms with van der Waals surface area (Å²) in [4.78, 5) is 45.6. The molecular formula is C30H39N7O4S2. The first-order valence-corrected chi connectivity index (χ1v) is 16.2. The van der Waals surface area contributed by atoms with Crippen LogP contribution in [0.3, 0.4) is 0 Å². The summed E-state index contributed by atoms with van der Waals surface area (Å²) in [6, 6.07) is 6.17. The lowest BCUT2D eigenvalue weighted by Crippen LogP contribution is -2.50. The molecule has 2 aliphatic rings. The van der Waals surface area contributed by atoms with Crippen molar-refractivity contribution in [3.05, 3.63) is 41.3 Å². The summed E-state index contributed by atoms with van der Waals surface area (Å²) >= 11 is 3.06. The van der Waals surface area contributed by atoms with Crippen LogP contribution in [0.5, 0.6) is 11.6 Å². The molecule has 0 bridgehead atoms. The molecule has 2 aliphatic heterocycles. The summed E-state index contributed by atoms with van der Waals surface area (Å²) in [6.07, 6.45) is 5.25. The van der Waals surface area contributed by atoms with Crippen LogP contribution in [0.25, 0.3) is 0 Å². The lowest BCUT2D eigenvalue weighted by Gasteiger charge is -2.34. The van der Waals surface area contributed by atoms with Gasteiger partial charge in [0.2, 0.25) is 11.8 Å². The molecule has 43 heavy (non-hydrogen) atoms. The summed E-state index contributed by atoms with van der Waals surface area (Å²) in [5.74, 6) is 2.28. The smallest absolute Gasteiger partial charge is 0.257 e. The Kier molecular flexibility index (Phi) is 10.0. The van der Waals surface area contributed by atoms with Gasteiger partial charge in [0, 0.05) is 50.1 Å². The average Bonchev–Trinajstić information content (AvgIpc) is 3.61. The molecule has 2 aromatic heterocycles. The minimum Gasteiger partial charge on any atom is -0.496 e. The number of thiazole rings is 1. The first-order valence-electron chi connectivity index (χ1n) is 14.5. The molecule has 2 amide bonds. The number of carbonyl (C=O) groups is 2. The maximum atomic E-state index is 13.5. The van der Waals surface area contributed by atoms with Gasteiger partial charge in [0.25, 0.3) is 5.91 Å². The zero-order valence-electron chi connectivity index (χ0n) is 25.4. The third-order valence-electron chi connectivity index (χ3n) is 7.86. The number of hydrogen-bond acceptors (Lipinski definition) is 11. The number of benzene rings is 1.